The average Bonchev–Trinajstić information content (AvgIpc) is 3.73. The van der Waals surface area contributed by atoms with Crippen LogP contribution in [0.15, 0.2) is 42.7 Å². The molecule has 1 aliphatic carbocycles. The van der Waals surface area contributed by atoms with Crippen LogP contribution >= 0.6 is 0 Å². The van der Waals surface area contributed by atoms with Gasteiger partial charge in [-0.25, -0.2) is 0 Å². The van der Waals surface area contributed by atoms with E-state index < -0.39 is 0 Å². The van der Waals surface area contributed by atoms with Gasteiger partial charge in [0.2, 0.25) is 11.8 Å². The van der Waals surface area contributed by atoms with Crippen LogP contribution in [-0.2, 0) is 20.7 Å². The van der Waals surface area contributed by atoms with Crippen LogP contribution < -0.4 is 15.4 Å². The summed E-state index contributed by atoms with van der Waals surface area (Å²) in [6, 6.07) is 8.89. The van der Waals surface area contributed by atoms with Crippen molar-refractivity contribution >= 4 is 23.4 Å². The number of fused-ring (bicyclic) bond motifs is 2. The molecule has 3 atom stereocenters. The van der Waals surface area contributed by atoms with Crippen LogP contribution in [0.3, 0.4) is 0 Å². The zero-order valence-corrected chi connectivity index (χ0v) is 20.4. The minimum absolute atomic E-state index is 0.00398. The van der Waals surface area contributed by atoms with Gasteiger partial charge in [0.25, 0.3) is 5.91 Å². The Morgan fingerprint density at radius 2 is 1.92 bits per heavy atom. The number of carbonyl (C=O) groups excluding carboxylic acids is 3. The summed E-state index contributed by atoms with van der Waals surface area (Å²) in [4.78, 5) is 43.7. The summed E-state index contributed by atoms with van der Waals surface area (Å²) in [5.74, 6) is 0.330. The van der Waals surface area contributed by atoms with Crippen LogP contribution in [0, 0.1) is 5.92 Å². The maximum absolute atomic E-state index is 13.3. The Morgan fingerprint density at radius 1 is 1.11 bits per heavy atom. The van der Waals surface area contributed by atoms with Crippen LogP contribution in [0.4, 0.5) is 5.69 Å². The third kappa shape index (κ3) is 5.67. The van der Waals surface area contributed by atoms with Gasteiger partial charge in [0, 0.05) is 37.6 Å². The fraction of sp³-hybridized carbons (Fsp3) is 0.481. The summed E-state index contributed by atoms with van der Waals surface area (Å²) in [7, 11) is 1.78. The van der Waals surface area contributed by atoms with Gasteiger partial charge in [0.05, 0.1) is 24.1 Å². The smallest absolute Gasteiger partial charge is 0.257 e. The normalized spacial score (nSPS) is 23.4. The number of hydrogen-bond acceptors (Lipinski definition) is 6. The number of likely N-dealkylation sites (N-methyl/N-ethyl adjacent to an activating group) is 1. The van der Waals surface area contributed by atoms with Crippen LogP contribution in [0.2, 0.25) is 0 Å². The molecule has 1 aromatic carbocycles. The largest absolute Gasteiger partial charge is 0.490 e. The maximum Gasteiger partial charge on any atom is 0.257 e. The number of nitrogens with one attached hydrogen (secondary N) is 2. The predicted octanol–water partition coefficient (Wildman–Crippen LogP) is 2.56. The molecule has 0 radical (unpaired) electrons. The molecule has 2 aromatic rings. The predicted molar refractivity (Wildman–Crippen MR) is 133 cm³/mol. The Labute approximate surface area is 210 Å². The van der Waals surface area contributed by atoms with E-state index in [1.807, 2.05) is 12.1 Å². The fourth-order valence-corrected chi connectivity index (χ4v) is 4.87. The molecule has 3 aliphatic rings. The van der Waals surface area contributed by atoms with E-state index in [9.17, 15) is 14.4 Å². The number of rotatable bonds is 7. The van der Waals surface area contributed by atoms with Crippen molar-refractivity contribution in [3.05, 3.63) is 53.9 Å². The molecule has 2 fully saturated rings. The average molecular weight is 493 g/mol. The molecule has 2 aliphatic heterocycles. The molecule has 9 heteroatoms. The van der Waals surface area contributed by atoms with E-state index in [4.69, 9.17) is 9.47 Å². The highest BCUT2D eigenvalue weighted by molar-refractivity contribution is 6.00. The molecule has 0 unspecified atom stereocenters. The first-order chi connectivity index (χ1) is 17.5. The first kappa shape index (κ1) is 24.2. The standard InChI is InChI=1S/C27H32N4O5/c1-31-22-6-5-20(15-25(32)29-13-10-17-8-11-28-12-9-17)36-24(22)16-35-23-7-4-19(14-21(23)27(31)34)30-26(33)18-2-3-18/h4,7-9,11-12,14,18,20,22,24H,2-3,5-6,10,13,15-16H2,1H3,(H,29,32)(H,30,33)/t20-,22+,24-/m1/s1. The summed E-state index contributed by atoms with van der Waals surface area (Å²) in [5, 5.41) is 5.86. The second-order valence-electron chi connectivity index (χ2n) is 9.80. The van der Waals surface area contributed by atoms with Gasteiger partial charge in [-0.05, 0) is 68.0 Å². The number of ether oxygens (including phenoxy) is 2. The van der Waals surface area contributed by atoms with Gasteiger partial charge < -0.3 is 25.0 Å². The number of amides is 3. The number of benzene rings is 1. The van der Waals surface area contributed by atoms with Crippen molar-refractivity contribution in [2.24, 2.45) is 5.92 Å². The van der Waals surface area contributed by atoms with Gasteiger partial charge in [0.15, 0.2) is 0 Å². The van der Waals surface area contributed by atoms with E-state index >= 15 is 0 Å². The van der Waals surface area contributed by atoms with Gasteiger partial charge in [-0.1, -0.05) is 0 Å². The number of anilines is 1. The van der Waals surface area contributed by atoms with Crippen LogP contribution in [0.1, 0.15) is 48.0 Å². The van der Waals surface area contributed by atoms with E-state index in [2.05, 4.69) is 15.6 Å². The minimum atomic E-state index is -0.329. The second-order valence-corrected chi connectivity index (χ2v) is 9.80. The molecule has 0 spiro atoms. The molecule has 2 N–H and O–H groups in total. The van der Waals surface area contributed by atoms with Gasteiger partial charge in [-0.15, -0.1) is 0 Å². The number of carbonyl (C=O) groups is 3. The third-order valence-corrected chi connectivity index (χ3v) is 7.13. The van der Waals surface area contributed by atoms with E-state index in [1.165, 1.54) is 0 Å². The van der Waals surface area contributed by atoms with Gasteiger partial charge in [-0.2, -0.15) is 0 Å². The molecule has 1 saturated carbocycles. The van der Waals surface area contributed by atoms with Crippen molar-refractivity contribution in [1.82, 2.24) is 15.2 Å². The lowest BCUT2D eigenvalue weighted by molar-refractivity contribution is -0.134. The highest BCUT2D eigenvalue weighted by Crippen LogP contribution is 2.34. The third-order valence-electron chi connectivity index (χ3n) is 7.13. The minimum Gasteiger partial charge on any atom is -0.490 e. The Morgan fingerprint density at radius 3 is 2.69 bits per heavy atom. The van der Waals surface area contributed by atoms with Crippen LogP contribution in [-0.4, -0.2) is 66.1 Å². The lowest BCUT2D eigenvalue weighted by atomic mass is 9.94. The summed E-state index contributed by atoms with van der Waals surface area (Å²) >= 11 is 0. The van der Waals surface area contributed by atoms with Crippen molar-refractivity contribution < 1.29 is 23.9 Å². The molecule has 36 heavy (non-hydrogen) atoms. The fourth-order valence-electron chi connectivity index (χ4n) is 4.87. The molecule has 190 valence electrons. The first-order valence-corrected chi connectivity index (χ1v) is 12.6. The Hall–Kier alpha value is -3.46. The number of aromatic nitrogens is 1. The topological polar surface area (TPSA) is 110 Å². The van der Waals surface area contributed by atoms with Crippen molar-refractivity contribution in [3.63, 3.8) is 0 Å². The maximum atomic E-state index is 13.3. The molecule has 3 amide bonds. The zero-order chi connectivity index (χ0) is 25.1. The monoisotopic (exact) mass is 492 g/mol. The van der Waals surface area contributed by atoms with Crippen LogP contribution in [0.25, 0.3) is 0 Å². The van der Waals surface area contributed by atoms with Gasteiger partial charge in [-0.3, -0.25) is 19.4 Å². The molecule has 0 bridgehead atoms. The highest BCUT2D eigenvalue weighted by Gasteiger charge is 2.39. The summed E-state index contributed by atoms with van der Waals surface area (Å²) in [5.41, 5.74) is 2.15. The summed E-state index contributed by atoms with van der Waals surface area (Å²) in [6.45, 7) is 0.838. The Bertz CT molecular complexity index is 1120. The quantitative estimate of drug-likeness (QED) is 0.615. The SMILES string of the molecule is CN1C(=O)c2cc(NC(=O)C3CC3)ccc2OC[C@H]2O[C@@H](CC(=O)NCCc3ccncc3)CC[C@@H]21. The van der Waals surface area contributed by atoms with Crippen molar-refractivity contribution in [1.29, 1.82) is 0 Å². The van der Waals surface area contributed by atoms with E-state index in [1.54, 1.807) is 42.5 Å². The lowest BCUT2D eigenvalue weighted by Crippen LogP contribution is -2.54. The number of pyridine rings is 1. The second kappa shape index (κ2) is 10.7. The first-order valence-electron chi connectivity index (χ1n) is 12.6. The van der Waals surface area contributed by atoms with Crippen molar-refractivity contribution in [3.8, 4) is 5.75 Å². The molecule has 1 saturated heterocycles. The molecular weight excluding hydrogens is 460 g/mol. The number of nitrogens with zero attached hydrogens (tertiary/aromatic N) is 2. The van der Waals surface area contributed by atoms with Gasteiger partial charge >= 0.3 is 0 Å². The molecular formula is C27H32N4O5. The summed E-state index contributed by atoms with van der Waals surface area (Å²) in [6.07, 6.45) is 7.19. The van der Waals surface area contributed by atoms with E-state index in [-0.39, 0.29) is 54.9 Å². The Kier molecular flexibility index (Phi) is 7.18. The van der Waals surface area contributed by atoms with E-state index in [0.717, 1.165) is 31.2 Å². The molecule has 1 aromatic heterocycles. The van der Waals surface area contributed by atoms with Crippen molar-refractivity contribution in [2.75, 3.05) is 25.5 Å². The molecule has 5 rings (SSSR count). The zero-order valence-electron chi connectivity index (χ0n) is 20.4. The molecule has 3 heterocycles. The van der Waals surface area contributed by atoms with E-state index in [0.29, 0.717) is 30.0 Å². The van der Waals surface area contributed by atoms with Crippen LogP contribution in [0.5, 0.6) is 5.75 Å². The lowest BCUT2D eigenvalue weighted by Gasteiger charge is -2.42. The molecule has 9 nitrogen and oxygen atoms in total. The number of hydrogen-bond donors (Lipinski definition) is 2. The van der Waals surface area contributed by atoms with Crippen molar-refractivity contribution in [2.45, 2.75) is 56.8 Å². The highest BCUT2D eigenvalue weighted by atomic mass is 16.5. The van der Waals surface area contributed by atoms with Gasteiger partial charge in [0.1, 0.15) is 18.5 Å². The Balaban J connectivity index is 1.17. The summed E-state index contributed by atoms with van der Waals surface area (Å²) < 4.78 is 12.3.